The van der Waals surface area contributed by atoms with Gasteiger partial charge in [0.05, 0.1) is 39.7 Å². The Morgan fingerprint density at radius 1 is 0.855 bits per heavy atom. The zero-order valence-corrected chi connectivity index (χ0v) is 42.9. The highest BCUT2D eigenvalue weighted by atomic mass is 32.2. The van der Waals surface area contributed by atoms with Crippen LogP contribution in [0.5, 0.6) is 23.0 Å². The lowest BCUT2D eigenvalue weighted by atomic mass is 9.97. The van der Waals surface area contributed by atoms with Gasteiger partial charge in [0.1, 0.15) is 35.4 Å². The summed E-state index contributed by atoms with van der Waals surface area (Å²) in [5, 5.41) is 3.90. The number of hydrogen-bond acceptors (Lipinski definition) is 13. The van der Waals surface area contributed by atoms with Gasteiger partial charge in [-0.05, 0) is 74.7 Å². The minimum Gasteiger partial charge on any atom is -0.496 e. The number of allylic oxidation sites excluding steroid dienone is 1. The van der Waals surface area contributed by atoms with Gasteiger partial charge in [-0.2, -0.15) is 8.42 Å². The summed E-state index contributed by atoms with van der Waals surface area (Å²) in [6.45, 7) is 13.6. The van der Waals surface area contributed by atoms with Gasteiger partial charge in [-0.3, -0.25) is 19.4 Å². The second kappa shape index (κ2) is 22.6. The third kappa shape index (κ3) is 12.9. The van der Waals surface area contributed by atoms with Crippen molar-refractivity contribution in [3.05, 3.63) is 132 Å². The van der Waals surface area contributed by atoms with Crippen LogP contribution in [0, 0.1) is 6.92 Å². The van der Waals surface area contributed by atoms with E-state index >= 15 is 4.79 Å². The van der Waals surface area contributed by atoms with Gasteiger partial charge in [-0.25, -0.2) is 9.59 Å². The summed E-state index contributed by atoms with van der Waals surface area (Å²) >= 11 is 0. The molecule has 0 fully saturated rings. The van der Waals surface area contributed by atoms with Crippen LogP contribution in [0.25, 0.3) is 0 Å². The number of ether oxygens (including phenoxy) is 5. The molecule has 0 saturated carbocycles. The largest absolute Gasteiger partial charge is 0.513 e. The van der Waals surface area contributed by atoms with Gasteiger partial charge in [0.2, 0.25) is 0 Å². The van der Waals surface area contributed by atoms with Gasteiger partial charge in [-0.15, -0.1) is 0 Å². The van der Waals surface area contributed by atoms with Crippen molar-refractivity contribution in [2.24, 2.45) is 0 Å². The molecule has 69 heavy (non-hydrogen) atoms. The van der Waals surface area contributed by atoms with Crippen LogP contribution >= 0.6 is 0 Å². The molecule has 1 aliphatic rings. The fourth-order valence-corrected chi connectivity index (χ4v) is 13.1. The molecule has 3 amide bonds. The molecule has 0 aromatic heterocycles. The molecule has 1 N–H and O–H groups in total. The maximum Gasteiger partial charge on any atom is 0.513 e. The highest BCUT2D eigenvalue weighted by molar-refractivity contribution is 7.86. The number of carbonyl (C=O) groups excluding carboxylic acids is 4. The number of benzene rings is 4. The Morgan fingerprint density at radius 2 is 1.43 bits per heavy atom. The lowest BCUT2D eigenvalue weighted by Gasteiger charge is -2.46. The smallest absolute Gasteiger partial charge is 0.496 e. The minimum absolute atomic E-state index is 0.0231. The van der Waals surface area contributed by atoms with Crippen LogP contribution in [0.2, 0.25) is 5.04 Å². The van der Waals surface area contributed by atoms with Crippen LogP contribution in [-0.2, 0) is 33.6 Å². The van der Waals surface area contributed by atoms with Crippen molar-refractivity contribution in [1.29, 1.82) is 0 Å². The Hall–Kier alpha value is -6.63. The van der Waals surface area contributed by atoms with E-state index in [0.29, 0.717) is 5.56 Å². The Kier molecular flexibility index (Phi) is 17.5. The molecule has 1 aliphatic heterocycles. The second-order valence-corrected chi connectivity index (χ2v) is 24.0. The Balaban J connectivity index is 1.79. The first-order valence-corrected chi connectivity index (χ1v) is 26.0. The summed E-state index contributed by atoms with van der Waals surface area (Å²) < 4.78 is 67.7. The van der Waals surface area contributed by atoms with E-state index in [4.69, 9.17) is 32.3 Å². The van der Waals surface area contributed by atoms with E-state index in [1.54, 1.807) is 77.1 Å². The van der Waals surface area contributed by atoms with Gasteiger partial charge in [-0.1, -0.05) is 112 Å². The second-order valence-electron chi connectivity index (χ2n) is 18.1. The number of amides is 3. The molecular formula is C51H63N3O13SSi. The van der Waals surface area contributed by atoms with Crippen LogP contribution in [0.1, 0.15) is 72.1 Å². The molecule has 18 heteroatoms. The zero-order valence-electron chi connectivity index (χ0n) is 41.1. The predicted molar refractivity (Wildman–Crippen MR) is 264 cm³/mol. The molecular weight excluding hydrogens is 923 g/mol. The number of carbonyl (C=O) groups is 4. The molecule has 2 atom stereocenters. The molecule has 4 aromatic rings. The first-order chi connectivity index (χ1) is 32.6. The third-order valence-electron chi connectivity index (χ3n) is 11.0. The molecule has 0 saturated heterocycles. The molecule has 0 aliphatic carbocycles. The lowest BCUT2D eigenvalue weighted by Crippen LogP contribution is -2.67. The van der Waals surface area contributed by atoms with Crippen LogP contribution in [0.4, 0.5) is 9.59 Å². The van der Waals surface area contributed by atoms with E-state index in [1.807, 2.05) is 60.7 Å². The number of nitrogens with one attached hydrogen (secondary N) is 1. The molecule has 4 aromatic carbocycles. The van der Waals surface area contributed by atoms with Crippen molar-refractivity contribution >= 4 is 52.9 Å². The SMILES string of the molecule is C/C=C/C[C@H]1C(=O)N([C@@H](CO[Si](c2ccccc2)(c2ccccc2)C(C)(C)C)c2cc(OC)c(C)c(OC)c2OS(C)(=O)=O)C(C(=O)NCCOC(=O)Oc2ccccc2)=CN1C(=O)OC(C)(C)C. The van der Waals surface area contributed by atoms with E-state index in [9.17, 15) is 22.8 Å². The molecule has 370 valence electrons. The molecule has 0 radical (unpaired) electrons. The average molecular weight is 986 g/mol. The van der Waals surface area contributed by atoms with Crippen LogP contribution < -0.4 is 34.1 Å². The summed E-state index contributed by atoms with van der Waals surface area (Å²) in [7, 11) is -5.05. The minimum atomic E-state index is -4.31. The maximum absolute atomic E-state index is 15.7. The molecule has 1 heterocycles. The maximum atomic E-state index is 15.7. The summed E-state index contributed by atoms with van der Waals surface area (Å²) in [6.07, 6.45) is 3.56. The Morgan fingerprint density at radius 3 is 1.94 bits per heavy atom. The van der Waals surface area contributed by atoms with Crippen molar-refractivity contribution in [3.8, 4) is 23.0 Å². The molecule has 0 bridgehead atoms. The van der Waals surface area contributed by atoms with Crippen molar-refractivity contribution in [1.82, 2.24) is 15.1 Å². The summed E-state index contributed by atoms with van der Waals surface area (Å²) in [5.41, 5.74) is -0.967. The Labute approximate surface area is 406 Å². The monoisotopic (exact) mass is 985 g/mol. The average Bonchev–Trinajstić information content (AvgIpc) is 3.29. The lowest BCUT2D eigenvalue weighted by molar-refractivity contribution is -0.141. The molecule has 16 nitrogen and oxygen atoms in total. The normalized spacial score (nSPS) is 15.0. The van der Waals surface area contributed by atoms with Gasteiger partial charge >= 0.3 is 22.4 Å². The van der Waals surface area contributed by atoms with E-state index < -0.39 is 65.2 Å². The number of para-hydroxylation sites is 1. The number of methoxy groups -OCH3 is 2. The fraction of sp³-hybridized carbons (Fsp3) is 0.373. The first-order valence-electron chi connectivity index (χ1n) is 22.3. The molecule has 5 rings (SSSR count). The zero-order chi connectivity index (χ0) is 50.7. The first kappa shape index (κ1) is 53.3. The molecule has 0 spiro atoms. The Bertz CT molecular complexity index is 2570. The van der Waals surface area contributed by atoms with Gasteiger partial charge in [0.25, 0.3) is 20.1 Å². The number of hydrogen-bond donors (Lipinski definition) is 1. The van der Waals surface area contributed by atoms with E-state index in [0.717, 1.165) is 21.5 Å². The molecule has 0 unspecified atom stereocenters. The van der Waals surface area contributed by atoms with Crippen molar-refractivity contribution in [2.75, 3.05) is 40.2 Å². The summed E-state index contributed by atoms with van der Waals surface area (Å²) in [4.78, 5) is 59.6. The van der Waals surface area contributed by atoms with Gasteiger partial charge in [0.15, 0.2) is 11.5 Å². The fourth-order valence-electron chi connectivity index (χ4n) is 8.09. The third-order valence-corrected chi connectivity index (χ3v) is 16.5. The van der Waals surface area contributed by atoms with Crippen LogP contribution in [0.15, 0.2) is 121 Å². The van der Waals surface area contributed by atoms with Crippen LogP contribution in [-0.4, -0.2) is 102 Å². The summed E-state index contributed by atoms with van der Waals surface area (Å²) in [5.74, 6) is -1.46. The standard InChI is InChI=1S/C51H63N3O13SSi/c1-12-13-29-40-47(56)54(41(33-53(40)48(57)66-50(3,4)5)46(55)52-30-31-63-49(58)65-36-23-17-14-18-24-36)42(39-32-43(61-9)35(2)44(62-10)45(39)67-68(11,59)60)34-64-69(51(6,7)8,37-25-19-15-20-26-37)38-27-21-16-22-28-38/h12-28,32-33,40,42H,29-31,34H2,1-11H3,(H,52,55)/b13-12+/t40-,42-/m0/s1. The van der Waals surface area contributed by atoms with E-state index in [2.05, 4.69) is 26.1 Å². The van der Waals surface area contributed by atoms with E-state index in [-0.39, 0.29) is 60.4 Å². The van der Waals surface area contributed by atoms with Crippen molar-refractivity contribution in [2.45, 2.75) is 84.5 Å². The number of rotatable bonds is 18. The van der Waals surface area contributed by atoms with Crippen molar-refractivity contribution < 1.29 is 59.9 Å². The highest BCUT2D eigenvalue weighted by Crippen LogP contribution is 2.47. The predicted octanol–water partition coefficient (Wildman–Crippen LogP) is 7.56. The quantitative estimate of drug-likeness (QED) is 0.0258. The summed E-state index contributed by atoms with van der Waals surface area (Å²) in [6, 6.07) is 26.5. The van der Waals surface area contributed by atoms with Crippen LogP contribution in [0.3, 0.4) is 0 Å². The number of nitrogens with zero attached hydrogens (tertiary/aromatic N) is 2. The topological polar surface area (TPSA) is 186 Å². The van der Waals surface area contributed by atoms with E-state index in [1.165, 1.54) is 31.4 Å². The van der Waals surface area contributed by atoms with Gasteiger partial charge < -0.3 is 37.6 Å². The van der Waals surface area contributed by atoms with Gasteiger partial charge in [0, 0.05) is 17.3 Å². The van der Waals surface area contributed by atoms with Crippen molar-refractivity contribution in [3.63, 3.8) is 0 Å². The highest BCUT2D eigenvalue weighted by Gasteiger charge is 2.52.